The van der Waals surface area contributed by atoms with Crippen LogP contribution in [-0.2, 0) is 4.43 Å². The van der Waals surface area contributed by atoms with Gasteiger partial charge in [-0.05, 0) is 15.2 Å². The molecule has 0 aliphatic carbocycles. The van der Waals surface area contributed by atoms with Crippen molar-refractivity contribution in [1.29, 1.82) is 0 Å². The Balaban J connectivity index is 2.84. The lowest BCUT2D eigenvalue weighted by molar-refractivity contribution is 0.416. The summed E-state index contributed by atoms with van der Waals surface area (Å²) in [5, 5.41) is 2.85. The molecule has 0 saturated heterocycles. The van der Waals surface area contributed by atoms with E-state index in [0.29, 0.717) is 4.79 Å². The standard InChI is InChI=1S/C20H32OSi3/c1-21-24(18-14-10-8-11-15-18,19-16-12-9-13-17-19)20(22(2,3)4)23(5,6)7/h8-17,20H,1-7H3. The fourth-order valence-corrected chi connectivity index (χ4v) is 30.7. The SMILES string of the molecule is CO[Si](c1ccccc1)(c1ccccc1)C([Si](C)(C)C)[Si](C)(C)C. The maximum absolute atomic E-state index is 6.63. The number of rotatable bonds is 6. The molecule has 0 aliphatic rings. The molecule has 2 aromatic carbocycles. The van der Waals surface area contributed by atoms with E-state index in [9.17, 15) is 0 Å². The van der Waals surface area contributed by atoms with E-state index >= 15 is 0 Å². The molecule has 0 amide bonds. The molecule has 0 aliphatic heterocycles. The summed E-state index contributed by atoms with van der Waals surface area (Å²) in [7, 11) is -3.23. The zero-order chi connectivity index (χ0) is 18.0. The monoisotopic (exact) mass is 372 g/mol. The molecule has 0 atom stereocenters. The van der Waals surface area contributed by atoms with Crippen LogP contribution in [0.3, 0.4) is 0 Å². The van der Waals surface area contributed by atoms with Gasteiger partial charge < -0.3 is 4.43 Å². The van der Waals surface area contributed by atoms with Crippen LogP contribution in [-0.4, -0.2) is 31.6 Å². The summed E-state index contributed by atoms with van der Waals surface area (Å²) in [6.45, 7) is 15.2. The molecular weight excluding hydrogens is 340 g/mol. The molecule has 0 bridgehead atoms. The molecule has 0 aromatic heterocycles. The van der Waals surface area contributed by atoms with Crippen LogP contribution in [0.5, 0.6) is 0 Å². The van der Waals surface area contributed by atoms with Gasteiger partial charge in [0.1, 0.15) is 0 Å². The predicted molar refractivity (Wildman–Crippen MR) is 115 cm³/mol. The molecule has 0 radical (unpaired) electrons. The van der Waals surface area contributed by atoms with Gasteiger partial charge in [-0.1, -0.05) is 99.9 Å². The Morgan fingerprint density at radius 1 is 0.625 bits per heavy atom. The molecule has 0 spiro atoms. The third-order valence-electron chi connectivity index (χ3n) is 4.87. The summed E-state index contributed by atoms with van der Waals surface area (Å²) in [5.74, 6) is 0. The molecule has 0 saturated carbocycles. The Bertz CT molecular complexity index is 589. The van der Waals surface area contributed by atoms with Crippen molar-refractivity contribution in [2.24, 2.45) is 0 Å². The normalized spacial score (nSPS) is 13.3. The predicted octanol–water partition coefficient (Wildman–Crippen LogP) is 4.52. The van der Waals surface area contributed by atoms with Gasteiger partial charge in [-0.3, -0.25) is 0 Å². The van der Waals surface area contributed by atoms with E-state index < -0.39 is 24.5 Å². The average molecular weight is 373 g/mol. The third kappa shape index (κ3) is 3.67. The maximum atomic E-state index is 6.63. The zero-order valence-electron chi connectivity index (χ0n) is 16.3. The van der Waals surface area contributed by atoms with Gasteiger partial charge in [0.25, 0.3) is 8.32 Å². The molecule has 1 nitrogen and oxygen atoms in total. The van der Waals surface area contributed by atoms with E-state index in [2.05, 4.69) is 99.9 Å². The van der Waals surface area contributed by atoms with Crippen molar-refractivity contribution in [3.05, 3.63) is 60.7 Å². The second-order valence-corrected chi connectivity index (χ2v) is 24.8. The third-order valence-corrected chi connectivity index (χ3v) is 25.0. The Kier molecular flexibility index (Phi) is 5.75. The summed E-state index contributed by atoms with van der Waals surface area (Å²) >= 11 is 0. The van der Waals surface area contributed by atoms with E-state index in [1.807, 2.05) is 7.11 Å². The highest BCUT2D eigenvalue weighted by Crippen LogP contribution is 2.40. The first-order chi connectivity index (χ1) is 11.1. The Labute approximate surface area is 151 Å². The van der Waals surface area contributed by atoms with E-state index in [0.717, 1.165) is 0 Å². The molecule has 24 heavy (non-hydrogen) atoms. The Morgan fingerprint density at radius 2 is 0.958 bits per heavy atom. The van der Waals surface area contributed by atoms with Crippen molar-refractivity contribution in [2.75, 3.05) is 7.11 Å². The van der Waals surface area contributed by atoms with Gasteiger partial charge in [0.15, 0.2) is 0 Å². The fraction of sp³-hybridized carbons (Fsp3) is 0.400. The van der Waals surface area contributed by atoms with Crippen LogP contribution in [0.4, 0.5) is 0 Å². The van der Waals surface area contributed by atoms with Crippen LogP contribution in [0.1, 0.15) is 0 Å². The lowest BCUT2D eigenvalue weighted by Gasteiger charge is -2.49. The zero-order valence-corrected chi connectivity index (χ0v) is 19.3. The van der Waals surface area contributed by atoms with E-state index in [1.165, 1.54) is 10.4 Å². The van der Waals surface area contributed by atoms with Crippen LogP contribution in [0.25, 0.3) is 0 Å². The van der Waals surface area contributed by atoms with Gasteiger partial charge in [0.05, 0.1) is 0 Å². The number of benzene rings is 2. The average Bonchev–Trinajstić information content (AvgIpc) is 2.51. The van der Waals surface area contributed by atoms with Crippen molar-refractivity contribution in [2.45, 2.75) is 44.1 Å². The highest BCUT2D eigenvalue weighted by Gasteiger charge is 2.56. The van der Waals surface area contributed by atoms with E-state index in [4.69, 9.17) is 4.43 Å². The largest absolute Gasteiger partial charge is 0.411 e. The minimum Gasteiger partial charge on any atom is -0.411 e. The lowest BCUT2D eigenvalue weighted by Crippen LogP contribution is -2.72. The van der Waals surface area contributed by atoms with Gasteiger partial charge in [-0.25, -0.2) is 0 Å². The molecule has 0 heterocycles. The van der Waals surface area contributed by atoms with Crippen LogP contribution < -0.4 is 10.4 Å². The lowest BCUT2D eigenvalue weighted by atomic mass is 10.4. The Morgan fingerprint density at radius 3 is 1.21 bits per heavy atom. The first-order valence-corrected chi connectivity index (χ1v) is 17.9. The first kappa shape index (κ1) is 19.4. The van der Waals surface area contributed by atoms with E-state index in [1.54, 1.807) is 0 Å². The van der Waals surface area contributed by atoms with Gasteiger partial charge >= 0.3 is 0 Å². The second kappa shape index (κ2) is 7.12. The van der Waals surface area contributed by atoms with Gasteiger partial charge in [-0.15, -0.1) is 0 Å². The van der Waals surface area contributed by atoms with E-state index in [-0.39, 0.29) is 0 Å². The summed E-state index contributed by atoms with van der Waals surface area (Å²) in [6, 6.07) is 22.1. The first-order valence-electron chi connectivity index (χ1n) is 8.80. The smallest absolute Gasteiger partial charge is 0.253 e. The van der Waals surface area contributed by atoms with Crippen LogP contribution in [0.2, 0.25) is 44.1 Å². The molecular formula is C20H32OSi3. The van der Waals surface area contributed by atoms with Gasteiger partial charge in [0, 0.05) is 23.3 Å². The van der Waals surface area contributed by atoms with Gasteiger partial charge in [0.2, 0.25) is 0 Å². The topological polar surface area (TPSA) is 9.23 Å². The minimum absolute atomic E-state index is 0.701. The summed E-state index contributed by atoms with van der Waals surface area (Å²) in [5.41, 5.74) is 0. The van der Waals surface area contributed by atoms with Gasteiger partial charge in [-0.2, -0.15) is 0 Å². The molecule has 0 N–H and O–H groups in total. The summed E-state index contributed by atoms with van der Waals surface area (Å²) < 4.78 is 6.63. The van der Waals surface area contributed by atoms with Crippen molar-refractivity contribution in [3.63, 3.8) is 0 Å². The van der Waals surface area contributed by atoms with Crippen LogP contribution >= 0.6 is 0 Å². The van der Waals surface area contributed by atoms with Crippen LogP contribution in [0.15, 0.2) is 60.7 Å². The summed E-state index contributed by atoms with van der Waals surface area (Å²) in [4.78, 5) is 0.701. The number of hydrogen-bond acceptors (Lipinski definition) is 1. The molecule has 0 unspecified atom stereocenters. The molecule has 4 heteroatoms. The van der Waals surface area contributed by atoms with Crippen molar-refractivity contribution < 1.29 is 4.43 Å². The Hall–Kier alpha value is -0.949. The maximum Gasteiger partial charge on any atom is 0.253 e. The van der Waals surface area contributed by atoms with Crippen molar-refractivity contribution in [3.8, 4) is 0 Å². The molecule has 0 fully saturated rings. The number of hydrogen-bond donors (Lipinski definition) is 0. The van der Waals surface area contributed by atoms with Crippen LogP contribution in [0, 0.1) is 0 Å². The minimum atomic E-state index is -2.30. The highest BCUT2D eigenvalue weighted by molar-refractivity contribution is 7.19. The van der Waals surface area contributed by atoms with Crippen molar-refractivity contribution in [1.82, 2.24) is 0 Å². The molecule has 2 aromatic rings. The second-order valence-electron chi connectivity index (χ2n) is 8.84. The molecule has 130 valence electrons. The fourth-order valence-electron chi connectivity index (χ4n) is 4.74. The quantitative estimate of drug-likeness (QED) is 0.678. The highest BCUT2D eigenvalue weighted by atomic mass is 28.5. The van der Waals surface area contributed by atoms with Crippen molar-refractivity contribution >= 4 is 34.8 Å². The molecule has 2 rings (SSSR count). The summed E-state index contributed by atoms with van der Waals surface area (Å²) in [6.07, 6.45) is 0.